The number of aliphatic hydroxyl groups excluding tert-OH is 1. The van der Waals surface area contributed by atoms with E-state index in [2.05, 4.69) is 4.98 Å². The number of likely N-dealkylation sites (tertiary alicyclic amines) is 1. The van der Waals surface area contributed by atoms with Crippen molar-refractivity contribution in [1.82, 2.24) is 9.88 Å². The summed E-state index contributed by atoms with van der Waals surface area (Å²) in [4.78, 5) is 18.0. The largest absolute Gasteiger partial charge is 0.394 e. The minimum Gasteiger partial charge on any atom is -0.394 e. The highest BCUT2D eigenvalue weighted by Crippen LogP contribution is 2.20. The van der Waals surface area contributed by atoms with Gasteiger partial charge in [0.15, 0.2) is 5.13 Å². The number of hydrogen-bond donors (Lipinski definition) is 2. The van der Waals surface area contributed by atoms with Crippen LogP contribution in [0, 0.1) is 0 Å². The minimum atomic E-state index is -0.112. The van der Waals surface area contributed by atoms with Crippen molar-refractivity contribution in [2.75, 3.05) is 18.9 Å². The van der Waals surface area contributed by atoms with Crippen LogP contribution in [0.1, 0.15) is 36.2 Å². The summed E-state index contributed by atoms with van der Waals surface area (Å²) in [5, 5.41) is 11.4. The maximum atomic E-state index is 12.2. The first-order valence-corrected chi connectivity index (χ1v) is 6.73. The van der Waals surface area contributed by atoms with E-state index in [9.17, 15) is 9.90 Å². The van der Waals surface area contributed by atoms with Crippen LogP contribution in [0.25, 0.3) is 0 Å². The summed E-state index contributed by atoms with van der Waals surface area (Å²) in [6, 6.07) is -0.0760. The average molecular weight is 255 g/mol. The van der Waals surface area contributed by atoms with Crippen molar-refractivity contribution >= 4 is 22.4 Å². The molecule has 1 fully saturated rings. The van der Waals surface area contributed by atoms with Crippen LogP contribution in [-0.2, 0) is 0 Å². The molecule has 6 heteroatoms. The number of aromatic nitrogens is 1. The van der Waals surface area contributed by atoms with Crippen LogP contribution in [0.2, 0.25) is 0 Å². The van der Waals surface area contributed by atoms with Gasteiger partial charge >= 0.3 is 0 Å². The van der Waals surface area contributed by atoms with Gasteiger partial charge in [0.25, 0.3) is 5.91 Å². The van der Waals surface area contributed by atoms with Crippen LogP contribution in [0.15, 0.2) is 5.38 Å². The molecule has 1 saturated heterocycles. The molecule has 0 spiro atoms. The Labute approximate surface area is 104 Å². The number of carbonyl (C=O) groups is 1. The third-order valence-corrected chi connectivity index (χ3v) is 3.76. The molecule has 1 atom stereocenters. The Kier molecular flexibility index (Phi) is 3.96. The molecule has 0 aliphatic carbocycles. The lowest BCUT2D eigenvalue weighted by Gasteiger charge is -2.27. The van der Waals surface area contributed by atoms with E-state index in [4.69, 9.17) is 5.73 Å². The lowest BCUT2D eigenvalue weighted by Crippen LogP contribution is -2.42. The summed E-state index contributed by atoms with van der Waals surface area (Å²) in [7, 11) is 0. The molecule has 94 valence electrons. The number of thiazole rings is 1. The number of aliphatic hydroxyl groups is 1. The molecule has 0 saturated carbocycles. The van der Waals surface area contributed by atoms with Crippen molar-refractivity contribution < 1.29 is 9.90 Å². The summed E-state index contributed by atoms with van der Waals surface area (Å²) < 4.78 is 0. The molecule has 0 aromatic carbocycles. The second-order valence-electron chi connectivity index (χ2n) is 4.26. The Balaban J connectivity index is 2.15. The highest BCUT2D eigenvalue weighted by molar-refractivity contribution is 7.13. The average Bonchev–Trinajstić information content (AvgIpc) is 2.64. The molecular weight excluding hydrogens is 238 g/mol. The second kappa shape index (κ2) is 5.46. The first kappa shape index (κ1) is 12.3. The number of carbonyl (C=O) groups excluding carboxylic acids is 1. The highest BCUT2D eigenvalue weighted by Gasteiger charge is 2.26. The van der Waals surface area contributed by atoms with E-state index in [1.54, 1.807) is 10.3 Å². The van der Waals surface area contributed by atoms with E-state index in [0.717, 1.165) is 25.7 Å². The Morgan fingerprint density at radius 1 is 1.59 bits per heavy atom. The van der Waals surface area contributed by atoms with Gasteiger partial charge in [0.2, 0.25) is 0 Å². The van der Waals surface area contributed by atoms with Crippen LogP contribution >= 0.6 is 11.3 Å². The first-order chi connectivity index (χ1) is 8.22. The van der Waals surface area contributed by atoms with E-state index < -0.39 is 0 Å². The molecule has 1 aromatic heterocycles. The number of nitrogens with two attached hydrogens (primary N) is 1. The van der Waals surface area contributed by atoms with E-state index in [0.29, 0.717) is 17.4 Å². The minimum absolute atomic E-state index is 0.0192. The molecule has 1 amide bonds. The monoisotopic (exact) mass is 255 g/mol. The zero-order valence-corrected chi connectivity index (χ0v) is 10.4. The number of hydrogen-bond acceptors (Lipinski definition) is 5. The standard InChI is InChI=1S/C11H17N3O2S/c12-11-13-9(7-17-11)10(16)14-5-3-1-2-4-8(14)6-15/h7-8,15H,1-6H2,(H2,12,13). The molecule has 0 bridgehead atoms. The maximum Gasteiger partial charge on any atom is 0.273 e. The SMILES string of the molecule is Nc1nc(C(=O)N2CCCCCC2CO)cs1. The number of rotatable bonds is 2. The van der Waals surface area contributed by atoms with Gasteiger partial charge in [0, 0.05) is 11.9 Å². The molecule has 1 aromatic rings. The van der Waals surface area contributed by atoms with Crippen molar-refractivity contribution in [1.29, 1.82) is 0 Å². The number of anilines is 1. The molecule has 3 N–H and O–H groups in total. The summed E-state index contributed by atoms with van der Waals surface area (Å²) >= 11 is 1.27. The lowest BCUT2D eigenvalue weighted by atomic mass is 10.1. The number of nitrogens with zero attached hydrogens (tertiary/aromatic N) is 2. The van der Waals surface area contributed by atoms with Crippen LogP contribution in [0.4, 0.5) is 5.13 Å². The van der Waals surface area contributed by atoms with Gasteiger partial charge in [-0.05, 0) is 12.8 Å². The fraction of sp³-hybridized carbons (Fsp3) is 0.636. The first-order valence-electron chi connectivity index (χ1n) is 5.85. The summed E-state index contributed by atoms with van der Waals surface area (Å²) in [6.45, 7) is 0.715. The Morgan fingerprint density at radius 3 is 3.06 bits per heavy atom. The lowest BCUT2D eigenvalue weighted by molar-refractivity contribution is 0.0595. The molecule has 2 heterocycles. The quantitative estimate of drug-likeness (QED) is 0.829. The molecule has 17 heavy (non-hydrogen) atoms. The predicted octanol–water partition coefficient (Wildman–Crippen LogP) is 1.10. The second-order valence-corrected chi connectivity index (χ2v) is 5.14. The predicted molar refractivity (Wildman–Crippen MR) is 66.9 cm³/mol. The molecule has 1 unspecified atom stereocenters. The molecule has 0 radical (unpaired) electrons. The van der Waals surface area contributed by atoms with E-state index in [-0.39, 0.29) is 18.6 Å². The summed E-state index contributed by atoms with van der Waals surface area (Å²) in [5.41, 5.74) is 5.93. The van der Waals surface area contributed by atoms with Crippen LogP contribution in [-0.4, -0.2) is 40.1 Å². The third-order valence-electron chi connectivity index (χ3n) is 3.09. The zero-order chi connectivity index (χ0) is 12.3. The molecule has 1 aliphatic heterocycles. The van der Waals surface area contributed by atoms with E-state index >= 15 is 0 Å². The van der Waals surface area contributed by atoms with Gasteiger partial charge in [-0.25, -0.2) is 4.98 Å². The Morgan fingerprint density at radius 2 is 2.41 bits per heavy atom. The van der Waals surface area contributed by atoms with Gasteiger partial charge in [-0.2, -0.15) is 0 Å². The Hall–Kier alpha value is -1.14. The van der Waals surface area contributed by atoms with Crippen LogP contribution in [0.3, 0.4) is 0 Å². The zero-order valence-electron chi connectivity index (χ0n) is 9.63. The highest BCUT2D eigenvalue weighted by atomic mass is 32.1. The fourth-order valence-electron chi connectivity index (χ4n) is 2.17. The van der Waals surface area contributed by atoms with Gasteiger partial charge in [0.05, 0.1) is 12.6 Å². The maximum absolute atomic E-state index is 12.2. The van der Waals surface area contributed by atoms with Crippen molar-refractivity contribution in [3.8, 4) is 0 Å². The third kappa shape index (κ3) is 2.76. The normalized spacial score (nSPS) is 21.2. The van der Waals surface area contributed by atoms with Gasteiger partial charge < -0.3 is 15.7 Å². The van der Waals surface area contributed by atoms with Gasteiger partial charge in [-0.1, -0.05) is 12.8 Å². The fourth-order valence-corrected chi connectivity index (χ4v) is 2.70. The van der Waals surface area contributed by atoms with Crippen LogP contribution < -0.4 is 5.73 Å². The van der Waals surface area contributed by atoms with Crippen molar-refractivity contribution in [2.45, 2.75) is 31.7 Å². The van der Waals surface area contributed by atoms with E-state index in [1.165, 1.54) is 11.3 Å². The smallest absolute Gasteiger partial charge is 0.273 e. The van der Waals surface area contributed by atoms with Crippen molar-refractivity contribution in [3.05, 3.63) is 11.1 Å². The number of amides is 1. The van der Waals surface area contributed by atoms with Gasteiger partial charge in [0.1, 0.15) is 5.69 Å². The van der Waals surface area contributed by atoms with Crippen molar-refractivity contribution in [2.24, 2.45) is 0 Å². The molecule has 5 nitrogen and oxygen atoms in total. The molecule has 2 rings (SSSR count). The Bertz CT molecular complexity index is 394. The topological polar surface area (TPSA) is 79.5 Å². The van der Waals surface area contributed by atoms with Gasteiger partial charge in [-0.3, -0.25) is 4.79 Å². The summed E-state index contributed by atoms with van der Waals surface area (Å²) in [5.74, 6) is -0.112. The molecular formula is C11H17N3O2S. The number of nitrogen functional groups attached to an aromatic ring is 1. The van der Waals surface area contributed by atoms with Crippen LogP contribution in [0.5, 0.6) is 0 Å². The van der Waals surface area contributed by atoms with Crippen molar-refractivity contribution in [3.63, 3.8) is 0 Å². The van der Waals surface area contributed by atoms with E-state index in [1.807, 2.05) is 0 Å². The van der Waals surface area contributed by atoms with Gasteiger partial charge in [-0.15, -0.1) is 11.3 Å². The summed E-state index contributed by atoms with van der Waals surface area (Å²) in [6.07, 6.45) is 4.03. The molecule has 1 aliphatic rings.